The van der Waals surface area contributed by atoms with E-state index in [9.17, 15) is 0 Å². The minimum absolute atomic E-state index is 0.781. The summed E-state index contributed by atoms with van der Waals surface area (Å²) in [4.78, 5) is 2.29. The lowest BCUT2D eigenvalue weighted by atomic mass is 10.2. The molecule has 0 amide bonds. The third-order valence-corrected chi connectivity index (χ3v) is 3.73. The highest BCUT2D eigenvalue weighted by molar-refractivity contribution is 6.38. The first kappa shape index (κ1) is 10.9. The monoisotopic (exact) mass is 250 g/mol. The van der Waals surface area contributed by atoms with E-state index in [-0.39, 0.29) is 0 Å². The van der Waals surface area contributed by atoms with Crippen molar-refractivity contribution in [2.75, 3.05) is 31.2 Å². The number of aryl methyl sites for hydroxylation is 1. The molecule has 1 fully saturated rings. The smallest absolute Gasteiger partial charge is 0.0733 e. The van der Waals surface area contributed by atoms with E-state index in [0.29, 0.717) is 0 Å². The van der Waals surface area contributed by atoms with Crippen molar-refractivity contribution in [3.63, 3.8) is 0 Å². The van der Waals surface area contributed by atoms with Crippen molar-refractivity contribution < 1.29 is 4.74 Å². The van der Waals surface area contributed by atoms with Crippen molar-refractivity contribution in [3.8, 4) is 0 Å². The Balaban J connectivity index is 2.07. The van der Waals surface area contributed by atoms with Crippen LogP contribution in [-0.4, -0.2) is 30.9 Å². The summed E-state index contributed by atoms with van der Waals surface area (Å²) in [6.07, 6.45) is 2.04. The second-order valence-corrected chi connectivity index (χ2v) is 4.74. The summed E-state index contributed by atoms with van der Waals surface area (Å²) in [5, 5.41) is 1.98. The molecule has 0 N–H and O–H groups in total. The van der Waals surface area contributed by atoms with Crippen molar-refractivity contribution in [1.82, 2.24) is 4.57 Å². The Morgan fingerprint density at radius 2 is 1.94 bits per heavy atom. The van der Waals surface area contributed by atoms with Crippen LogP contribution < -0.4 is 4.90 Å². The molecule has 4 heteroatoms. The van der Waals surface area contributed by atoms with Crippen LogP contribution in [0.1, 0.15) is 0 Å². The van der Waals surface area contributed by atoms with Crippen LogP contribution in [0.5, 0.6) is 0 Å². The van der Waals surface area contributed by atoms with Crippen molar-refractivity contribution in [2.24, 2.45) is 7.05 Å². The molecule has 17 heavy (non-hydrogen) atoms. The zero-order chi connectivity index (χ0) is 11.8. The van der Waals surface area contributed by atoms with Gasteiger partial charge < -0.3 is 14.2 Å². The van der Waals surface area contributed by atoms with E-state index in [1.807, 2.05) is 13.2 Å². The third kappa shape index (κ3) is 1.79. The Bertz CT molecular complexity index is 544. The van der Waals surface area contributed by atoms with Crippen LogP contribution >= 0.6 is 11.6 Å². The van der Waals surface area contributed by atoms with Crippen molar-refractivity contribution in [3.05, 3.63) is 29.4 Å². The van der Waals surface area contributed by atoms with Gasteiger partial charge in [-0.25, -0.2) is 0 Å². The highest BCUT2D eigenvalue weighted by Gasteiger charge is 2.16. The first-order chi connectivity index (χ1) is 8.27. The van der Waals surface area contributed by atoms with Gasteiger partial charge in [0.1, 0.15) is 0 Å². The van der Waals surface area contributed by atoms with Gasteiger partial charge >= 0.3 is 0 Å². The summed E-state index contributed by atoms with van der Waals surface area (Å²) in [6.45, 7) is 3.39. The van der Waals surface area contributed by atoms with E-state index in [2.05, 4.69) is 27.7 Å². The molecular weight excluding hydrogens is 236 g/mol. The van der Waals surface area contributed by atoms with E-state index < -0.39 is 0 Å². The molecule has 0 atom stereocenters. The number of aromatic nitrogens is 1. The first-order valence-electron chi connectivity index (χ1n) is 5.83. The number of halogens is 1. The minimum Gasteiger partial charge on any atom is -0.378 e. The number of hydrogen-bond donors (Lipinski definition) is 0. The van der Waals surface area contributed by atoms with E-state index in [1.165, 1.54) is 5.52 Å². The number of nitrogens with zero attached hydrogens (tertiary/aromatic N) is 2. The van der Waals surface area contributed by atoms with E-state index in [4.69, 9.17) is 16.3 Å². The summed E-state index contributed by atoms with van der Waals surface area (Å²) in [6, 6.07) is 6.31. The molecule has 0 radical (unpaired) electrons. The molecule has 0 spiro atoms. The molecule has 1 saturated heterocycles. The molecule has 2 aromatic rings. The molecular formula is C13H15ClN2O. The van der Waals surface area contributed by atoms with Crippen molar-refractivity contribution in [1.29, 1.82) is 0 Å². The zero-order valence-electron chi connectivity index (χ0n) is 9.82. The molecule has 1 aromatic carbocycles. The van der Waals surface area contributed by atoms with Gasteiger partial charge in [-0.3, -0.25) is 0 Å². The molecule has 1 aliphatic heterocycles. The fourth-order valence-corrected chi connectivity index (χ4v) is 2.69. The normalized spacial score (nSPS) is 16.7. The molecule has 3 nitrogen and oxygen atoms in total. The molecule has 0 bridgehead atoms. The Kier molecular flexibility index (Phi) is 2.73. The van der Waals surface area contributed by atoms with Crippen LogP contribution in [0.2, 0.25) is 5.02 Å². The van der Waals surface area contributed by atoms with Crippen LogP contribution in [0.4, 0.5) is 5.69 Å². The summed E-state index contributed by atoms with van der Waals surface area (Å²) < 4.78 is 7.45. The molecule has 0 saturated carbocycles. The maximum Gasteiger partial charge on any atom is 0.0733 e. The summed E-state index contributed by atoms with van der Waals surface area (Å²) in [5.74, 6) is 0. The molecule has 1 aromatic heterocycles. The Morgan fingerprint density at radius 1 is 1.18 bits per heavy atom. The van der Waals surface area contributed by atoms with Gasteiger partial charge in [0, 0.05) is 37.2 Å². The van der Waals surface area contributed by atoms with Crippen LogP contribution in [-0.2, 0) is 11.8 Å². The minimum atomic E-state index is 0.781. The lowest BCUT2D eigenvalue weighted by Gasteiger charge is -2.29. The summed E-state index contributed by atoms with van der Waals surface area (Å²) >= 11 is 6.49. The maximum absolute atomic E-state index is 6.49. The van der Waals surface area contributed by atoms with Gasteiger partial charge in [-0.05, 0) is 18.2 Å². The van der Waals surface area contributed by atoms with Gasteiger partial charge in [-0.1, -0.05) is 11.6 Å². The summed E-state index contributed by atoms with van der Waals surface area (Å²) in [5.41, 5.74) is 2.29. The van der Waals surface area contributed by atoms with Gasteiger partial charge in [0.25, 0.3) is 0 Å². The predicted molar refractivity (Wildman–Crippen MR) is 71.0 cm³/mol. The average molecular weight is 251 g/mol. The van der Waals surface area contributed by atoms with Gasteiger partial charge in [0.05, 0.1) is 23.9 Å². The lowest BCUT2D eigenvalue weighted by Crippen LogP contribution is -2.36. The number of anilines is 1. The number of fused-ring (bicyclic) bond motifs is 1. The largest absolute Gasteiger partial charge is 0.378 e. The van der Waals surface area contributed by atoms with Gasteiger partial charge in [-0.2, -0.15) is 0 Å². The fourth-order valence-electron chi connectivity index (χ4n) is 2.35. The second-order valence-electron chi connectivity index (χ2n) is 4.36. The van der Waals surface area contributed by atoms with E-state index in [0.717, 1.165) is 42.4 Å². The van der Waals surface area contributed by atoms with Crippen LogP contribution in [0.25, 0.3) is 10.9 Å². The van der Waals surface area contributed by atoms with Crippen molar-refractivity contribution >= 4 is 28.2 Å². The van der Waals surface area contributed by atoms with E-state index in [1.54, 1.807) is 0 Å². The molecule has 0 aliphatic carbocycles. The highest BCUT2D eigenvalue weighted by Crippen LogP contribution is 2.34. The SMILES string of the molecule is Cn1ccc2c(Cl)c(N3CCOCC3)ccc21. The first-order valence-corrected chi connectivity index (χ1v) is 6.21. The molecule has 90 valence electrons. The molecule has 2 heterocycles. The second kappa shape index (κ2) is 4.24. The number of hydrogen-bond acceptors (Lipinski definition) is 2. The van der Waals surface area contributed by atoms with E-state index >= 15 is 0 Å². The van der Waals surface area contributed by atoms with Crippen LogP contribution in [0.15, 0.2) is 24.4 Å². The molecule has 0 unspecified atom stereocenters. The zero-order valence-corrected chi connectivity index (χ0v) is 10.6. The molecule has 3 rings (SSSR count). The summed E-state index contributed by atoms with van der Waals surface area (Å²) in [7, 11) is 2.03. The predicted octanol–water partition coefficient (Wildman–Crippen LogP) is 2.67. The number of rotatable bonds is 1. The van der Waals surface area contributed by atoms with Gasteiger partial charge in [0.15, 0.2) is 0 Å². The van der Waals surface area contributed by atoms with Crippen LogP contribution in [0, 0.1) is 0 Å². The Labute approximate surface area is 106 Å². The topological polar surface area (TPSA) is 17.4 Å². The highest BCUT2D eigenvalue weighted by atomic mass is 35.5. The third-order valence-electron chi connectivity index (χ3n) is 3.33. The molecule has 1 aliphatic rings. The van der Waals surface area contributed by atoms with Gasteiger partial charge in [-0.15, -0.1) is 0 Å². The number of morpholine rings is 1. The Morgan fingerprint density at radius 3 is 2.71 bits per heavy atom. The van der Waals surface area contributed by atoms with Crippen LogP contribution in [0.3, 0.4) is 0 Å². The standard InChI is InChI=1S/C13H15ClN2O/c1-15-5-4-10-11(15)2-3-12(13(10)14)16-6-8-17-9-7-16/h2-5H,6-9H2,1H3. The van der Waals surface area contributed by atoms with Crippen molar-refractivity contribution in [2.45, 2.75) is 0 Å². The number of benzene rings is 1. The maximum atomic E-state index is 6.49. The lowest BCUT2D eigenvalue weighted by molar-refractivity contribution is 0.122. The number of ether oxygens (including phenoxy) is 1. The Hall–Kier alpha value is -1.19. The average Bonchev–Trinajstić information content (AvgIpc) is 2.74. The quantitative estimate of drug-likeness (QED) is 0.774. The fraction of sp³-hybridized carbons (Fsp3) is 0.385. The van der Waals surface area contributed by atoms with Gasteiger partial charge in [0.2, 0.25) is 0 Å².